The Morgan fingerprint density at radius 3 is 2.88 bits per heavy atom. The number of methoxy groups -OCH3 is 1. The Kier molecular flexibility index (Phi) is 3.15. The molecule has 0 bridgehead atoms. The van der Waals surface area contributed by atoms with Crippen LogP contribution in [0.5, 0.6) is 0 Å². The number of carbonyl (C=O) groups excluding carboxylic acids is 1. The lowest BCUT2D eigenvalue weighted by molar-refractivity contribution is -0.139. The molecule has 0 amide bonds. The van der Waals surface area contributed by atoms with E-state index in [9.17, 15) is 9.59 Å². The number of esters is 1. The number of halogens is 1. The van der Waals surface area contributed by atoms with Gasteiger partial charge in [0.1, 0.15) is 0 Å². The van der Waals surface area contributed by atoms with Gasteiger partial charge in [0, 0.05) is 22.2 Å². The molecule has 0 aliphatic heterocycles. The summed E-state index contributed by atoms with van der Waals surface area (Å²) in [5, 5.41) is 1.08. The molecule has 1 aromatic heterocycles. The first-order valence-corrected chi connectivity index (χ1v) is 5.36. The number of pyridine rings is 1. The van der Waals surface area contributed by atoms with E-state index in [0.29, 0.717) is 21.6 Å². The molecule has 1 N–H and O–H groups in total. The first-order valence-electron chi connectivity index (χ1n) is 4.98. The summed E-state index contributed by atoms with van der Waals surface area (Å²) >= 11 is 5.84. The highest BCUT2D eigenvalue weighted by atomic mass is 35.5. The fraction of sp³-hybridized carbons (Fsp3) is 0.167. The van der Waals surface area contributed by atoms with Gasteiger partial charge in [-0.2, -0.15) is 0 Å². The highest BCUT2D eigenvalue weighted by Gasteiger charge is 2.07. The topological polar surface area (TPSA) is 59.2 Å². The van der Waals surface area contributed by atoms with Crippen molar-refractivity contribution in [1.82, 2.24) is 4.98 Å². The van der Waals surface area contributed by atoms with Gasteiger partial charge in [0.25, 0.3) is 0 Å². The van der Waals surface area contributed by atoms with Crippen LogP contribution in [0.15, 0.2) is 29.1 Å². The van der Waals surface area contributed by atoms with Crippen LogP contribution in [-0.4, -0.2) is 18.1 Å². The smallest absolute Gasteiger partial charge is 0.311 e. The van der Waals surface area contributed by atoms with Gasteiger partial charge in [0.05, 0.1) is 19.0 Å². The molecule has 2 rings (SSSR count). The zero-order chi connectivity index (χ0) is 12.4. The molecule has 2 aromatic rings. The monoisotopic (exact) mass is 251 g/mol. The quantitative estimate of drug-likeness (QED) is 0.830. The van der Waals surface area contributed by atoms with Crippen LogP contribution in [0.4, 0.5) is 0 Å². The van der Waals surface area contributed by atoms with Gasteiger partial charge < -0.3 is 9.72 Å². The second-order valence-corrected chi connectivity index (χ2v) is 4.04. The zero-order valence-electron chi connectivity index (χ0n) is 9.12. The summed E-state index contributed by atoms with van der Waals surface area (Å²) in [7, 11) is 1.30. The van der Waals surface area contributed by atoms with Crippen molar-refractivity contribution in [2.45, 2.75) is 6.42 Å². The van der Waals surface area contributed by atoms with Crippen LogP contribution in [0.1, 0.15) is 5.69 Å². The Balaban J connectivity index is 2.54. The standard InChI is InChI=1S/C12H10ClNO3/c1-17-12(16)6-8-5-11(15)9-3-2-7(13)4-10(9)14-8/h2-5H,6H2,1H3,(H,14,15). The van der Waals surface area contributed by atoms with E-state index in [0.717, 1.165) is 0 Å². The maximum absolute atomic E-state index is 11.8. The van der Waals surface area contributed by atoms with Crippen molar-refractivity contribution in [2.24, 2.45) is 0 Å². The second-order valence-electron chi connectivity index (χ2n) is 3.60. The Labute approximate surface area is 102 Å². The summed E-state index contributed by atoms with van der Waals surface area (Å²) in [6, 6.07) is 6.35. The molecular weight excluding hydrogens is 242 g/mol. The largest absolute Gasteiger partial charge is 0.469 e. The average Bonchev–Trinajstić information content (AvgIpc) is 2.28. The van der Waals surface area contributed by atoms with Gasteiger partial charge >= 0.3 is 5.97 Å². The number of benzene rings is 1. The van der Waals surface area contributed by atoms with E-state index < -0.39 is 5.97 Å². The molecule has 88 valence electrons. The second kappa shape index (κ2) is 4.59. The van der Waals surface area contributed by atoms with Gasteiger partial charge in [-0.15, -0.1) is 0 Å². The number of H-pyrrole nitrogens is 1. The molecule has 0 saturated heterocycles. The van der Waals surface area contributed by atoms with E-state index in [-0.39, 0.29) is 11.8 Å². The molecule has 5 heteroatoms. The zero-order valence-corrected chi connectivity index (χ0v) is 9.88. The van der Waals surface area contributed by atoms with Crippen LogP contribution >= 0.6 is 11.6 Å². The molecule has 0 radical (unpaired) electrons. The number of rotatable bonds is 2. The molecule has 0 saturated carbocycles. The van der Waals surface area contributed by atoms with E-state index in [4.69, 9.17) is 11.6 Å². The molecule has 0 aliphatic rings. The molecular formula is C12H10ClNO3. The average molecular weight is 252 g/mol. The van der Waals surface area contributed by atoms with Crippen LogP contribution < -0.4 is 5.43 Å². The summed E-state index contributed by atoms with van der Waals surface area (Å²) in [6.45, 7) is 0. The van der Waals surface area contributed by atoms with Crippen molar-refractivity contribution in [3.8, 4) is 0 Å². The number of nitrogens with one attached hydrogen (secondary N) is 1. The number of hydrogen-bond acceptors (Lipinski definition) is 3. The number of carbonyl (C=O) groups is 1. The van der Waals surface area contributed by atoms with Crippen LogP contribution in [0.25, 0.3) is 10.9 Å². The highest BCUT2D eigenvalue weighted by Crippen LogP contribution is 2.15. The van der Waals surface area contributed by atoms with Crippen LogP contribution in [0.2, 0.25) is 5.02 Å². The number of hydrogen-bond donors (Lipinski definition) is 1. The SMILES string of the molecule is COC(=O)Cc1cc(=O)c2ccc(Cl)cc2[nH]1. The summed E-state index contributed by atoms with van der Waals surface area (Å²) < 4.78 is 4.54. The maximum Gasteiger partial charge on any atom is 0.311 e. The molecule has 0 spiro atoms. The minimum Gasteiger partial charge on any atom is -0.469 e. The molecule has 1 heterocycles. The molecule has 0 unspecified atom stereocenters. The van der Waals surface area contributed by atoms with Gasteiger partial charge in [0.2, 0.25) is 0 Å². The molecule has 1 aromatic carbocycles. The number of aromatic amines is 1. The van der Waals surface area contributed by atoms with E-state index in [2.05, 4.69) is 9.72 Å². The Bertz CT molecular complexity index is 633. The normalized spacial score (nSPS) is 10.5. The van der Waals surface area contributed by atoms with E-state index in [1.54, 1.807) is 18.2 Å². The Morgan fingerprint density at radius 2 is 2.18 bits per heavy atom. The summed E-state index contributed by atoms with van der Waals surface area (Å²) in [5.74, 6) is -0.401. The van der Waals surface area contributed by atoms with Crippen LogP contribution in [-0.2, 0) is 16.0 Å². The third-order valence-corrected chi connectivity index (χ3v) is 2.65. The minimum atomic E-state index is -0.401. The van der Waals surface area contributed by atoms with Crippen molar-refractivity contribution in [1.29, 1.82) is 0 Å². The summed E-state index contributed by atoms with van der Waals surface area (Å²) in [4.78, 5) is 25.9. The molecule has 0 atom stereocenters. The fourth-order valence-corrected chi connectivity index (χ4v) is 1.77. The maximum atomic E-state index is 11.8. The fourth-order valence-electron chi connectivity index (χ4n) is 1.60. The van der Waals surface area contributed by atoms with Gasteiger partial charge in [0.15, 0.2) is 5.43 Å². The van der Waals surface area contributed by atoms with Gasteiger partial charge in [-0.1, -0.05) is 11.6 Å². The number of ether oxygens (including phenoxy) is 1. The first-order chi connectivity index (χ1) is 8.10. The summed E-state index contributed by atoms with van der Waals surface area (Å²) in [6.07, 6.45) is 0.0359. The lowest BCUT2D eigenvalue weighted by Gasteiger charge is -2.03. The molecule has 4 nitrogen and oxygen atoms in total. The molecule has 0 fully saturated rings. The Hall–Kier alpha value is -1.81. The van der Waals surface area contributed by atoms with E-state index >= 15 is 0 Å². The van der Waals surface area contributed by atoms with Crippen molar-refractivity contribution < 1.29 is 9.53 Å². The molecule has 0 aliphatic carbocycles. The van der Waals surface area contributed by atoms with Gasteiger partial charge in [-0.3, -0.25) is 9.59 Å². The lowest BCUT2D eigenvalue weighted by Crippen LogP contribution is -2.10. The van der Waals surface area contributed by atoms with Crippen molar-refractivity contribution in [2.75, 3.05) is 7.11 Å². The van der Waals surface area contributed by atoms with Crippen molar-refractivity contribution in [3.05, 3.63) is 45.2 Å². The first kappa shape index (κ1) is 11.7. The van der Waals surface area contributed by atoms with E-state index in [1.807, 2.05) is 0 Å². The van der Waals surface area contributed by atoms with Crippen molar-refractivity contribution >= 4 is 28.5 Å². The van der Waals surface area contributed by atoms with Gasteiger partial charge in [-0.05, 0) is 18.2 Å². The Morgan fingerprint density at radius 1 is 1.41 bits per heavy atom. The van der Waals surface area contributed by atoms with Crippen LogP contribution in [0, 0.1) is 0 Å². The van der Waals surface area contributed by atoms with Crippen LogP contribution in [0.3, 0.4) is 0 Å². The third-order valence-electron chi connectivity index (χ3n) is 2.41. The predicted octanol–water partition coefficient (Wildman–Crippen LogP) is 1.90. The predicted molar refractivity (Wildman–Crippen MR) is 65.3 cm³/mol. The summed E-state index contributed by atoms with van der Waals surface area (Å²) in [5.41, 5.74) is 0.981. The lowest BCUT2D eigenvalue weighted by atomic mass is 10.1. The van der Waals surface area contributed by atoms with Crippen molar-refractivity contribution in [3.63, 3.8) is 0 Å². The third kappa shape index (κ3) is 2.47. The minimum absolute atomic E-state index is 0.0359. The number of aromatic nitrogens is 1. The van der Waals surface area contributed by atoms with E-state index in [1.165, 1.54) is 13.2 Å². The highest BCUT2D eigenvalue weighted by molar-refractivity contribution is 6.31. The van der Waals surface area contributed by atoms with Gasteiger partial charge in [-0.25, -0.2) is 0 Å². The number of fused-ring (bicyclic) bond motifs is 1. The molecule has 17 heavy (non-hydrogen) atoms.